The SMILES string of the molecule is Cc1cc(C(N)c2cccc3c2OCCC3)sc1Br. The average molecular weight is 338 g/mol. The number of fused-ring (bicyclic) bond motifs is 1. The van der Waals surface area contributed by atoms with Crippen LogP contribution in [0.2, 0.25) is 0 Å². The van der Waals surface area contributed by atoms with E-state index in [4.69, 9.17) is 10.5 Å². The second kappa shape index (κ2) is 5.27. The molecule has 1 atom stereocenters. The summed E-state index contributed by atoms with van der Waals surface area (Å²) in [6.07, 6.45) is 2.18. The second-order valence-electron chi connectivity index (χ2n) is 4.87. The number of thiophene rings is 1. The van der Waals surface area contributed by atoms with Crippen molar-refractivity contribution >= 4 is 27.3 Å². The molecule has 100 valence electrons. The summed E-state index contributed by atoms with van der Waals surface area (Å²) < 4.78 is 7.00. The molecule has 1 aliphatic heterocycles. The zero-order valence-electron chi connectivity index (χ0n) is 10.8. The predicted molar refractivity (Wildman–Crippen MR) is 83.0 cm³/mol. The highest BCUT2D eigenvalue weighted by Crippen LogP contribution is 2.38. The largest absolute Gasteiger partial charge is 0.493 e. The van der Waals surface area contributed by atoms with Crippen LogP contribution in [0.4, 0.5) is 0 Å². The van der Waals surface area contributed by atoms with Crippen molar-refractivity contribution in [2.24, 2.45) is 5.73 Å². The molecule has 0 saturated carbocycles. The Morgan fingerprint density at radius 2 is 2.26 bits per heavy atom. The maximum atomic E-state index is 6.43. The Morgan fingerprint density at radius 1 is 1.42 bits per heavy atom. The summed E-state index contributed by atoms with van der Waals surface area (Å²) in [5.74, 6) is 1.00. The van der Waals surface area contributed by atoms with Crippen LogP contribution in [0.1, 0.15) is 34.0 Å². The summed E-state index contributed by atoms with van der Waals surface area (Å²) in [6.45, 7) is 2.89. The zero-order chi connectivity index (χ0) is 13.4. The van der Waals surface area contributed by atoms with Crippen molar-refractivity contribution in [2.45, 2.75) is 25.8 Å². The second-order valence-corrected chi connectivity index (χ2v) is 7.27. The molecule has 1 aliphatic rings. The number of aryl methyl sites for hydroxylation is 2. The Hall–Kier alpha value is -0.840. The summed E-state index contributed by atoms with van der Waals surface area (Å²) in [4.78, 5) is 1.17. The molecule has 1 aromatic heterocycles. The fourth-order valence-electron chi connectivity index (χ4n) is 2.45. The summed E-state index contributed by atoms with van der Waals surface area (Å²) in [7, 11) is 0. The molecule has 4 heteroatoms. The van der Waals surface area contributed by atoms with Crippen LogP contribution in [0.5, 0.6) is 5.75 Å². The van der Waals surface area contributed by atoms with Crippen LogP contribution in [0.15, 0.2) is 28.1 Å². The molecule has 0 aliphatic carbocycles. The molecule has 0 radical (unpaired) electrons. The van der Waals surface area contributed by atoms with Gasteiger partial charge in [-0.2, -0.15) is 0 Å². The van der Waals surface area contributed by atoms with Crippen LogP contribution in [0.3, 0.4) is 0 Å². The number of halogens is 1. The minimum absolute atomic E-state index is 0.108. The van der Waals surface area contributed by atoms with Crippen molar-refractivity contribution in [3.63, 3.8) is 0 Å². The maximum absolute atomic E-state index is 6.43. The van der Waals surface area contributed by atoms with E-state index in [1.54, 1.807) is 11.3 Å². The first-order chi connectivity index (χ1) is 9.16. The lowest BCUT2D eigenvalue weighted by atomic mass is 9.97. The molecule has 2 aromatic rings. The Bertz CT molecular complexity index is 589. The van der Waals surface area contributed by atoms with Crippen molar-refractivity contribution < 1.29 is 4.74 Å². The molecule has 2 heterocycles. The molecule has 0 fully saturated rings. The lowest BCUT2D eigenvalue weighted by Gasteiger charge is -2.22. The number of rotatable bonds is 2. The van der Waals surface area contributed by atoms with Gasteiger partial charge < -0.3 is 10.5 Å². The van der Waals surface area contributed by atoms with Gasteiger partial charge in [0.2, 0.25) is 0 Å². The van der Waals surface area contributed by atoms with Gasteiger partial charge in [-0.15, -0.1) is 11.3 Å². The highest BCUT2D eigenvalue weighted by Gasteiger charge is 2.21. The van der Waals surface area contributed by atoms with E-state index in [2.05, 4.69) is 47.1 Å². The van der Waals surface area contributed by atoms with Crippen molar-refractivity contribution in [1.29, 1.82) is 0 Å². The Kier molecular flexibility index (Phi) is 3.65. The minimum Gasteiger partial charge on any atom is -0.493 e. The van der Waals surface area contributed by atoms with Crippen LogP contribution in [-0.2, 0) is 6.42 Å². The molecule has 0 bridgehead atoms. The van der Waals surface area contributed by atoms with Gasteiger partial charge >= 0.3 is 0 Å². The van der Waals surface area contributed by atoms with E-state index in [0.29, 0.717) is 0 Å². The standard InChI is InChI=1S/C15H16BrNOS/c1-9-8-12(19-15(9)16)13(17)11-6-2-4-10-5-3-7-18-14(10)11/h2,4,6,8,13H,3,5,7,17H2,1H3. The van der Waals surface area contributed by atoms with Gasteiger partial charge in [-0.05, 0) is 52.9 Å². The minimum atomic E-state index is -0.108. The average Bonchev–Trinajstić information content (AvgIpc) is 2.77. The monoisotopic (exact) mass is 337 g/mol. The van der Waals surface area contributed by atoms with Gasteiger partial charge in [0.05, 0.1) is 16.4 Å². The first-order valence-electron chi connectivity index (χ1n) is 6.43. The van der Waals surface area contributed by atoms with E-state index in [1.807, 2.05) is 0 Å². The third-order valence-corrected chi connectivity index (χ3v) is 5.70. The maximum Gasteiger partial charge on any atom is 0.127 e. The molecular formula is C15H16BrNOS. The summed E-state index contributed by atoms with van der Waals surface area (Å²) in [5.41, 5.74) is 10.1. The predicted octanol–water partition coefficient (Wildman–Crippen LogP) is 4.19. The molecule has 2 N–H and O–H groups in total. The lowest BCUT2D eigenvalue weighted by Crippen LogP contribution is -2.16. The highest BCUT2D eigenvalue weighted by molar-refractivity contribution is 9.11. The van der Waals surface area contributed by atoms with Gasteiger partial charge in [-0.1, -0.05) is 18.2 Å². The third-order valence-electron chi connectivity index (χ3n) is 3.48. The van der Waals surface area contributed by atoms with Crippen LogP contribution in [0, 0.1) is 6.92 Å². The van der Waals surface area contributed by atoms with Gasteiger partial charge in [0.1, 0.15) is 5.75 Å². The topological polar surface area (TPSA) is 35.2 Å². The van der Waals surface area contributed by atoms with Gasteiger partial charge in [-0.3, -0.25) is 0 Å². The van der Waals surface area contributed by atoms with Crippen LogP contribution < -0.4 is 10.5 Å². The van der Waals surface area contributed by atoms with E-state index >= 15 is 0 Å². The van der Waals surface area contributed by atoms with E-state index in [9.17, 15) is 0 Å². The van der Waals surface area contributed by atoms with Gasteiger partial charge in [0.25, 0.3) is 0 Å². The Labute approximate surface area is 125 Å². The first-order valence-corrected chi connectivity index (χ1v) is 8.04. The molecule has 19 heavy (non-hydrogen) atoms. The summed E-state index contributed by atoms with van der Waals surface area (Å²) in [5, 5.41) is 0. The molecule has 0 spiro atoms. The number of para-hydroxylation sites is 1. The van der Waals surface area contributed by atoms with E-state index in [1.165, 1.54) is 16.0 Å². The van der Waals surface area contributed by atoms with Gasteiger partial charge in [0, 0.05) is 10.4 Å². The third kappa shape index (κ3) is 2.45. The Morgan fingerprint density at radius 3 is 3.00 bits per heavy atom. The number of hydrogen-bond acceptors (Lipinski definition) is 3. The number of benzene rings is 1. The quantitative estimate of drug-likeness (QED) is 0.891. The number of nitrogens with two attached hydrogens (primary N) is 1. The Balaban J connectivity index is 2.02. The van der Waals surface area contributed by atoms with Crippen molar-refractivity contribution in [3.8, 4) is 5.75 Å². The molecule has 3 rings (SSSR count). The van der Waals surface area contributed by atoms with Crippen LogP contribution in [-0.4, -0.2) is 6.61 Å². The van der Waals surface area contributed by atoms with Gasteiger partial charge in [0.15, 0.2) is 0 Å². The normalized spacial score (nSPS) is 15.7. The molecule has 2 nitrogen and oxygen atoms in total. The van der Waals surface area contributed by atoms with Crippen molar-refractivity contribution in [3.05, 3.63) is 49.6 Å². The summed E-state index contributed by atoms with van der Waals surface area (Å²) >= 11 is 5.27. The smallest absolute Gasteiger partial charge is 0.127 e. The molecule has 1 aromatic carbocycles. The molecule has 1 unspecified atom stereocenters. The molecular weight excluding hydrogens is 322 g/mol. The highest BCUT2D eigenvalue weighted by atomic mass is 79.9. The molecule has 0 saturated heterocycles. The summed E-state index contributed by atoms with van der Waals surface area (Å²) in [6, 6.07) is 8.35. The fourth-order valence-corrected chi connectivity index (χ4v) is 4.04. The molecule has 0 amide bonds. The van der Waals surface area contributed by atoms with E-state index in [-0.39, 0.29) is 6.04 Å². The van der Waals surface area contributed by atoms with Crippen LogP contribution >= 0.6 is 27.3 Å². The number of ether oxygens (including phenoxy) is 1. The van der Waals surface area contributed by atoms with E-state index < -0.39 is 0 Å². The number of hydrogen-bond donors (Lipinski definition) is 1. The van der Waals surface area contributed by atoms with Crippen LogP contribution in [0.25, 0.3) is 0 Å². The van der Waals surface area contributed by atoms with E-state index in [0.717, 1.165) is 34.5 Å². The lowest BCUT2D eigenvalue weighted by molar-refractivity contribution is 0.284. The fraction of sp³-hybridized carbons (Fsp3) is 0.333. The van der Waals surface area contributed by atoms with Crippen molar-refractivity contribution in [1.82, 2.24) is 0 Å². The first kappa shape index (κ1) is 13.2. The van der Waals surface area contributed by atoms with Gasteiger partial charge in [-0.25, -0.2) is 0 Å². The zero-order valence-corrected chi connectivity index (χ0v) is 13.2. The van der Waals surface area contributed by atoms with Crippen molar-refractivity contribution in [2.75, 3.05) is 6.61 Å².